The first-order valence-corrected chi connectivity index (χ1v) is 7.81. The Kier molecular flexibility index (Phi) is 8.49. The van der Waals surface area contributed by atoms with Crippen molar-refractivity contribution in [2.75, 3.05) is 26.7 Å². The molecule has 1 atom stereocenters. The molecule has 4 nitrogen and oxygen atoms in total. The van der Waals surface area contributed by atoms with Gasteiger partial charge in [0, 0.05) is 30.8 Å². The smallest absolute Gasteiger partial charge is 0.191 e. The Morgan fingerprint density at radius 1 is 1.41 bits per heavy atom. The number of hydrogen-bond donors (Lipinski definition) is 1. The molecule has 2 N–H and O–H groups in total. The number of rotatable bonds is 4. The highest BCUT2D eigenvalue weighted by Crippen LogP contribution is 2.25. The van der Waals surface area contributed by atoms with Gasteiger partial charge in [0.2, 0.25) is 0 Å². The van der Waals surface area contributed by atoms with Crippen LogP contribution in [0.2, 0.25) is 5.02 Å². The van der Waals surface area contributed by atoms with Crippen LogP contribution in [0.25, 0.3) is 0 Å². The topological polar surface area (TPSA) is 50.9 Å². The number of ether oxygens (including phenoxy) is 1. The van der Waals surface area contributed by atoms with Gasteiger partial charge >= 0.3 is 0 Å². The average Bonchev–Trinajstić information content (AvgIpc) is 2.50. The minimum atomic E-state index is -0.166. The Morgan fingerprint density at radius 2 is 2.05 bits per heavy atom. The van der Waals surface area contributed by atoms with Crippen molar-refractivity contribution in [1.29, 1.82) is 0 Å². The number of nitrogens with zero attached hydrogens (tertiary/aromatic N) is 2. The van der Waals surface area contributed by atoms with Crippen LogP contribution < -0.4 is 5.73 Å². The van der Waals surface area contributed by atoms with E-state index in [1.807, 2.05) is 24.3 Å². The summed E-state index contributed by atoms with van der Waals surface area (Å²) in [5.74, 6) is 1.39. The summed E-state index contributed by atoms with van der Waals surface area (Å²) in [4.78, 5) is 6.65. The van der Waals surface area contributed by atoms with Crippen molar-refractivity contribution in [3.8, 4) is 0 Å². The summed E-state index contributed by atoms with van der Waals surface area (Å²) < 4.78 is 5.51. The number of hydrogen-bond acceptors (Lipinski definition) is 2. The van der Waals surface area contributed by atoms with Gasteiger partial charge in [0.25, 0.3) is 0 Å². The third-order valence-corrected chi connectivity index (χ3v) is 4.41. The van der Waals surface area contributed by atoms with Crippen LogP contribution in [-0.4, -0.2) is 37.6 Å². The molecular formula is C16H25ClIN3O. The summed E-state index contributed by atoms with van der Waals surface area (Å²) in [6.45, 7) is 4.74. The molecule has 1 saturated heterocycles. The molecule has 0 aromatic heterocycles. The number of guanidine groups is 1. The van der Waals surface area contributed by atoms with E-state index in [0.717, 1.165) is 24.6 Å². The number of halogens is 2. The van der Waals surface area contributed by atoms with E-state index in [2.05, 4.69) is 16.8 Å². The third-order valence-electron chi connectivity index (χ3n) is 4.06. The number of aliphatic imine (C=N–C) groups is 1. The Labute approximate surface area is 155 Å². The highest BCUT2D eigenvalue weighted by molar-refractivity contribution is 14.0. The largest absolute Gasteiger partial charge is 0.375 e. The van der Waals surface area contributed by atoms with Crippen LogP contribution in [0.5, 0.6) is 0 Å². The molecule has 0 aliphatic carbocycles. The van der Waals surface area contributed by atoms with Crippen LogP contribution in [0.1, 0.15) is 31.4 Å². The van der Waals surface area contributed by atoms with Crippen LogP contribution in [0.15, 0.2) is 29.3 Å². The molecule has 2 rings (SSSR count). The molecule has 1 aliphatic heterocycles. The van der Waals surface area contributed by atoms with Crippen molar-refractivity contribution in [2.24, 2.45) is 16.6 Å². The van der Waals surface area contributed by atoms with Crippen molar-refractivity contribution in [3.63, 3.8) is 0 Å². The van der Waals surface area contributed by atoms with E-state index in [0.29, 0.717) is 17.5 Å². The Morgan fingerprint density at radius 3 is 2.64 bits per heavy atom. The van der Waals surface area contributed by atoms with E-state index in [1.165, 1.54) is 12.8 Å². The second-order valence-electron chi connectivity index (χ2n) is 5.61. The quantitative estimate of drug-likeness (QED) is 0.444. The summed E-state index contributed by atoms with van der Waals surface area (Å²) in [6, 6.07) is 7.68. The third kappa shape index (κ3) is 5.28. The fourth-order valence-electron chi connectivity index (χ4n) is 2.55. The normalized spacial score (nSPS) is 18.0. The van der Waals surface area contributed by atoms with Gasteiger partial charge in [-0.25, -0.2) is 0 Å². The van der Waals surface area contributed by atoms with Crippen molar-refractivity contribution in [2.45, 2.75) is 25.9 Å². The standard InChI is InChI=1S/C16H24ClN3O.HI/c1-12-7-9-20(10-8-12)16(18)19-11-15(21-2)13-5-3-4-6-14(13)17;/h3-6,12,15H,7-11H2,1-2H3,(H2,18,19);1H. The molecule has 0 amide bonds. The fraction of sp³-hybridized carbons (Fsp3) is 0.562. The number of likely N-dealkylation sites (tertiary alicyclic amines) is 1. The molecule has 124 valence electrons. The monoisotopic (exact) mass is 437 g/mol. The molecule has 0 spiro atoms. The lowest BCUT2D eigenvalue weighted by molar-refractivity contribution is 0.110. The molecular weight excluding hydrogens is 413 g/mol. The number of nitrogens with two attached hydrogens (primary N) is 1. The molecule has 6 heteroatoms. The van der Waals surface area contributed by atoms with Gasteiger partial charge in [-0.1, -0.05) is 36.7 Å². The summed E-state index contributed by atoms with van der Waals surface area (Å²) >= 11 is 6.21. The van der Waals surface area contributed by atoms with Crippen molar-refractivity contribution < 1.29 is 4.74 Å². The summed E-state index contributed by atoms with van der Waals surface area (Å²) in [6.07, 6.45) is 2.18. The molecule has 0 saturated carbocycles. The summed E-state index contributed by atoms with van der Waals surface area (Å²) in [5, 5.41) is 0.699. The van der Waals surface area contributed by atoms with Gasteiger partial charge in [0.05, 0.1) is 6.54 Å². The zero-order valence-electron chi connectivity index (χ0n) is 13.2. The maximum absolute atomic E-state index is 6.21. The zero-order valence-corrected chi connectivity index (χ0v) is 16.3. The van der Waals surface area contributed by atoms with Gasteiger partial charge < -0.3 is 15.4 Å². The molecule has 1 fully saturated rings. The molecule has 0 radical (unpaired) electrons. The van der Waals surface area contributed by atoms with E-state index < -0.39 is 0 Å². The van der Waals surface area contributed by atoms with E-state index in [-0.39, 0.29) is 30.1 Å². The maximum atomic E-state index is 6.21. The van der Waals surface area contributed by atoms with Crippen LogP contribution >= 0.6 is 35.6 Å². The zero-order chi connectivity index (χ0) is 15.2. The second kappa shape index (κ2) is 9.57. The lowest BCUT2D eigenvalue weighted by Gasteiger charge is -2.31. The summed E-state index contributed by atoms with van der Waals surface area (Å²) in [7, 11) is 1.67. The highest BCUT2D eigenvalue weighted by Gasteiger charge is 2.18. The van der Waals surface area contributed by atoms with E-state index >= 15 is 0 Å². The van der Waals surface area contributed by atoms with Gasteiger partial charge in [-0.3, -0.25) is 4.99 Å². The van der Waals surface area contributed by atoms with Crippen molar-refractivity contribution in [1.82, 2.24) is 4.90 Å². The van der Waals surface area contributed by atoms with E-state index in [1.54, 1.807) is 7.11 Å². The Balaban J connectivity index is 0.00000242. The number of benzene rings is 1. The van der Waals surface area contributed by atoms with E-state index in [4.69, 9.17) is 22.1 Å². The van der Waals surface area contributed by atoms with Gasteiger partial charge in [0.15, 0.2) is 5.96 Å². The van der Waals surface area contributed by atoms with Crippen LogP contribution in [-0.2, 0) is 4.74 Å². The average molecular weight is 438 g/mol. The number of methoxy groups -OCH3 is 1. The second-order valence-corrected chi connectivity index (χ2v) is 6.02. The van der Waals surface area contributed by atoms with Gasteiger partial charge in [-0.2, -0.15) is 0 Å². The first-order valence-electron chi connectivity index (χ1n) is 7.44. The first kappa shape index (κ1) is 19.5. The molecule has 1 aromatic carbocycles. The molecule has 22 heavy (non-hydrogen) atoms. The van der Waals surface area contributed by atoms with Crippen LogP contribution in [0, 0.1) is 5.92 Å². The van der Waals surface area contributed by atoms with Crippen LogP contribution in [0.4, 0.5) is 0 Å². The maximum Gasteiger partial charge on any atom is 0.191 e. The molecule has 1 heterocycles. The SMILES string of the molecule is COC(CN=C(N)N1CCC(C)CC1)c1ccccc1Cl.I. The Hall–Kier alpha value is -0.530. The lowest BCUT2D eigenvalue weighted by atomic mass is 10.00. The number of piperidine rings is 1. The lowest BCUT2D eigenvalue weighted by Crippen LogP contribution is -2.42. The first-order chi connectivity index (χ1) is 10.1. The highest BCUT2D eigenvalue weighted by atomic mass is 127. The fourth-order valence-corrected chi connectivity index (χ4v) is 2.81. The predicted octanol–water partition coefficient (Wildman–Crippen LogP) is 3.69. The van der Waals surface area contributed by atoms with Crippen LogP contribution in [0.3, 0.4) is 0 Å². The van der Waals surface area contributed by atoms with E-state index in [9.17, 15) is 0 Å². The van der Waals surface area contributed by atoms with Gasteiger partial charge in [0.1, 0.15) is 6.10 Å². The molecule has 0 bridgehead atoms. The molecule has 1 aromatic rings. The Bertz CT molecular complexity index is 490. The van der Waals surface area contributed by atoms with Gasteiger partial charge in [-0.15, -0.1) is 24.0 Å². The van der Waals surface area contributed by atoms with Gasteiger partial charge in [-0.05, 0) is 24.8 Å². The summed E-state index contributed by atoms with van der Waals surface area (Å²) in [5.41, 5.74) is 7.05. The predicted molar refractivity (Wildman–Crippen MR) is 103 cm³/mol. The van der Waals surface area contributed by atoms with Crippen molar-refractivity contribution in [3.05, 3.63) is 34.9 Å². The van der Waals surface area contributed by atoms with Crippen molar-refractivity contribution >= 4 is 41.5 Å². The molecule has 1 unspecified atom stereocenters. The minimum absolute atomic E-state index is 0. The minimum Gasteiger partial charge on any atom is -0.375 e. The molecule has 1 aliphatic rings.